The molecule has 5 N–H and O–H groups in total. The Balaban J connectivity index is 0.000000739. The summed E-state index contributed by atoms with van der Waals surface area (Å²) in [5, 5.41) is 0. The number of carbonyl (C=O) groups is 1. The average Bonchev–Trinajstić information content (AvgIpc) is 3.37. The highest BCUT2D eigenvalue weighted by Gasteiger charge is 2.32. The van der Waals surface area contributed by atoms with E-state index in [-0.39, 0.29) is 29.3 Å². The molecular weight excluding hydrogens is 351 g/mol. The van der Waals surface area contributed by atoms with E-state index < -0.39 is 17.7 Å². The number of hydrogen-bond acceptors (Lipinski definition) is 6. The van der Waals surface area contributed by atoms with Crippen molar-refractivity contribution in [2.75, 3.05) is 13.7 Å². The van der Waals surface area contributed by atoms with Crippen LogP contribution in [0.5, 0.6) is 5.75 Å². The van der Waals surface area contributed by atoms with Gasteiger partial charge in [0.1, 0.15) is 5.75 Å². The van der Waals surface area contributed by atoms with Crippen molar-refractivity contribution < 1.29 is 27.4 Å². The third-order valence-electron chi connectivity index (χ3n) is 3.54. The van der Waals surface area contributed by atoms with E-state index in [1.165, 1.54) is 26.0 Å². The standard InChI is InChI=1S/C13H16F3N3O3.C4H8/c1-3-22-12(20)11(19-18)10(17)7-4-8(13(14,15)16)6-9(5-7)21-2;1-4-2-3-4/h4-6,19H,3,17-18H2,1-2H3;4H,2-3H2,1H3/b11-10-;. The van der Waals surface area contributed by atoms with Crippen LogP contribution in [0.2, 0.25) is 0 Å². The van der Waals surface area contributed by atoms with Crippen LogP contribution in [0.3, 0.4) is 0 Å². The second kappa shape index (κ2) is 9.33. The third kappa shape index (κ3) is 6.47. The number of alkyl halides is 3. The lowest BCUT2D eigenvalue weighted by atomic mass is 10.1. The molecule has 1 saturated carbocycles. The van der Waals surface area contributed by atoms with Gasteiger partial charge in [0.25, 0.3) is 0 Å². The summed E-state index contributed by atoms with van der Waals surface area (Å²) in [5.74, 6) is 5.34. The second-order valence-corrected chi connectivity index (χ2v) is 5.78. The molecule has 26 heavy (non-hydrogen) atoms. The molecule has 6 nitrogen and oxygen atoms in total. The Morgan fingerprint density at radius 2 is 1.88 bits per heavy atom. The summed E-state index contributed by atoms with van der Waals surface area (Å²) in [5.41, 5.74) is 6.09. The van der Waals surface area contributed by atoms with Gasteiger partial charge < -0.3 is 20.6 Å². The van der Waals surface area contributed by atoms with E-state index in [0.29, 0.717) is 0 Å². The van der Waals surface area contributed by atoms with Crippen LogP contribution in [0.15, 0.2) is 23.9 Å². The largest absolute Gasteiger partial charge is 0.497 e. The van der Waals surface area contributed by atoms with Gasteiger partial charge in [0, 0.05) is 5.56 Å². The van der Waals surface area contributed by atoms with E-state index in [4.69, 9.17) is 21.1 Å². The number of nitrogens with two attached hydrogens (primary N) is 2. The molecule has 0 atom stereocenters. The summed E-state index contributed by atoms with van der Waals surface area (Å²) in [7, 11) is 1.21. The smallest absolute Gasteiger partial charge is 0.416 e. The first-order valence-electron chi connectivity index (χ1n) is 8.04. The Morgan fingerprint density at radius 1 is 1.31 bits per heavy atom. The quantitative estimate of drug-likeness (QED) is 0.317. The summed E-state index contributed by atoms with van der Waals surface area (Å²) in [6.45, 7) is 3.90. The van der Waals surface area contributed by atoms with Crippen LogP contribution in [0.4, 0.5) is 13.2 Å². The van der Waals surface area contributed by atoms with Gasteiger partial charge in [-0.2, -0.15) is 13.2 Å². The second-order valence-electron chi connectivity index (χ2n) is 5.78. The molecule has 0 heterocycles. The maximum Gasteiger partial charge on any atom is 0.416 e. The molecule has 9 heteroatoms. The van der Waals surface area contributed by atoms with E-state index in [1.807, 2.05) is 5.43 Å². The SMILES string of the molecule is CC1CC1.CCOC(=O)/C(NN)=C(/N)c1cc(OC)cc(C(F)(F)F)c1. The zero-order valence-corrected chi connectivity index (χ0v) is 14.9. The summed E-state index contributed by atoms with van der Waals surface area (Å²) in [6.07, 6.45) is -1.62. The van der Waals surface area contributed by atoms with Gasteiger partial charge >= 0.3 is 12.1 Å². The van der Waals surface area contributed by atoms with Crippen LogP contribution in [0, 0.1) is 5.92 Å². The fourth-order valence-electron chi connectivity index (χ4n) is 1.80. The van der Waals surface area contributed by atoms with Crippen molar-refractivity contribution in [3.05, 3.63) is 35.0 Å². The van der Waals surface area contributed by atoms with E-state index in [2.05, 4.69) is 6.92 Å². The third-order valence-corrected chi connectivity index (χ3v) is 3.54. The molecule has 0 bridgehead atoms. The maximum absolute atomic E-state index is 12.9. The predicted molar refractivity (Wildman–Crippen MR) is 91.5 cm³/mol. The highest BCUT2D eigenvalue weighted by molar-refractivity contribution is 5.96. The van der Waals surface area contributed by atoms with Crippen LogP contribution in [-0.2, 0) is 15.7 Å². The Hall–Kier alpha value is -2.42. The predicted octanol–water partition coefficient (Wildman–Crippen LogP) is 2.78. The van der Waals surface area contributed by atoms with Crippen molar-refractivity contribution in [2.45, 2.75) is 32.9 Å². The molecule has 1 aromatic rings. The molecule has 0 amide bonds. The summed E-state index contributed by atoms with van der Waals surface area (Å²) >= 11 is 0. The monoisotopic (exact) mass is 375 g/mol. The molecule has 1 fully saturated rings. The van der Waals surface area contributed by atoms with Gasteiger partial charge in [0.2, 0.25) is 0 Å². The van der Waals surface area contributed by atoms with E-state index in [1.54, 1.807) is 6.92 Å². The number of halogens is 3. The first-order valence-corrected chi connectivity index (χ1v) is 8.04. The first kappa shape index (κ1) is 21.6. The highest BCUT2D eigenvalue weighted by Crippen LogP contribution is 2.34. The lowest BCUT2D eigenvalue weighted by Gasteiger charge is -2.14. The zero-order valence-electron chi connectivity index (χ0n) is 14.9. The maximum atomic E-state index is 12.9. The van der Waals surface area contributed by atoms with Crippen LogP contribution in [0.25, 0.3) is 5.70 Å². The molecule has 0 radical (unpaired) electrons. The number of hydrogen-bond donors (Lipinski definition) is 3. The van der Waals surface area contributed by atoms with Crippen molar-refractivity contribution in [2.24, 2.45) is 17.5 Å². The van der Waals surface area contributed by atoms with Gasteiger partial charge in [0.15, 0.2) is 5.70 Å². The minimum atomic E-state index is -4.59. The average molecular weight is 375 g/mol. The minimum Gasteiger partial charge on any atom is -0.497 e. The molecule has 0 aromatic heterocycles. The Bertz CT molecular complexity index is 656. The van der Waals surface area contributed by atoms with E-state index >= 15 is 0 Å². The number of hydrazine groups is 1. The number of benzene rings is 1. The molecule has 0 aliphatic heterocycles. The lowest BCUT2D eigenvalue weighted by molar-refractivity contribution is -0.139. The Morgan fingerprint density at radius 3 is 2.27 bits per heavy atom. The molecule has 146 valence electrons. The molecule has 1 aromatic carbocycles. The van der Waals surface area contributed by atoms with Crippen LogP contribution >= 0.6 is 0 Å². The van der Waals surface area contributed by atoms with Crippen LogP contribution < -0.4 is 21.7 Å². The van der Waals surface area contributed by atoms with Gasteiger partial charge in [-0.15, -0.1) is 0 Å². The first-order chi connectivity index (χ1) is 12.1. The van der Waals surface area contributed by atoms with Crippen molar-refractivity contribution in [3.8, 4) is 5.75 Å². The fourth-order valence-corrected chi connectivity index (χ4v) is 1.80. The fraction of sp³-hybridized carbons (Fsp3) is 0.471. The van der Waals surface area contributed by atoms with Crippen LogP contribution in [0.1, 0.15) is 37.8 Å². The topological polar surface area (TPSA) is 99.6 Å². The molecule has 0 unspecified atom stereocenters. The van der Waals surface area contributed by atoms with Gasteiger partial charge in [0.05, 0.1) is 25.0 Å². The zero-order chi connectivity index (χ0) is 19.9. The van der Waals surface area contributed by atoms with Crippen LogP contribution in [-0.4, -0.2) is 19.7 Å². The normalized spacial score (nSPS) is 14.6. The number of nitrogens with one attached hydrogen (secondary N) is 1. The number of esters is 1. The Labute approximate surface area is 150 Å². The summed E-state index contributed by atoms with van der Waals surface area (Å²) < 4.78 is 48.1. The van der Waals surface area contributed by atoms with Crippen molar-refractivity contribution in [1.29, 1.82) is 0 Å². The number of ether oxygens (including phenoxy) is 2. The van der Waals surface area contributed by atoms with Gasteiger partial charge in [-0.25, -0.2) is 4.79 Å². The summed E-state index contributed by atoms with van der Waals surface area (Å²) in [6, 6.07) is 2.85. The molecule has 1 aliphatic carbocycles. The van der Waals surface area contributed by atoms with Gasteiger partial charge in [-0.05, 0) is 31.0 Å². The van der Waals surface area contributed by atoms with Gasteiger partial charge in [-0.3, -0.25) is 5.84 Å². The number of carbonyl (C=O) groups excluding carboxylic acids is 1. The molecule has 2 rings (SSSR count). The molecule has 1 aliphatic rings. The number of rotatable bonds is 5. The van der Waals surface area contributed by atoms with E-state index in [9.17, 15) is 18.0 Å². The van der Waals surface area contributed by atoms with Gasteiger partial charge in [-0.1, -0.05) is 19.8 Å². The summed E-state index contributed by atoms with van der Waals surface area (Å²) in [4.78, 5) is 11.7. The van der Waals surface area contributed by atoms with Crippen molar-refractivity contribution in [1.82, 2.24) is 5.43 Å². The molecule has 0 saturated heterocycles. The van der Waals surface area contributed by atoms with Crippen molar-refractivity contribution >= 4 is 11.7 Å². The lowest BCUT2D eigenvalue weighted by Crippen LogP contribution is -2.31. The molecule has 0 spiro atoms. The van der Waals surface area contributed by atoms with Crippen molar-refractivity contribution in [3.63, 3.8) is 0 Å². The highest BCUT2D eigenvalue weighted by atomic mass is 19.4. The Kier molecular flexibility index (Phi) is 7.76. The number of methoxy groups -OCH3 is 1. The molecular formula is C17H24F3N3O3. The minimum absolute atomic E-state index is 0.0587. The van der Waals surface area contributed by atoms with E-state index in [0.717, 1.165) is 18.1 Å².